The molecule has 0 bridgehead atoms. The maximum absolute atomic E-state index is 12.2. The van der Waals surface area contributed by atoms with E-state index in [1.165, 1.54) is 25.7 Å². The van der Waals surface area contributed by atoms with Crippen LogP contribution < -0.4 is 10.6 Å². The minimum atomic E-state index is 0.0622. The molecule has 0 atom stereocenters. The quantitative estimate of drug-likeness (QED) is 0.834. The van der Waals surface area contributed by atoms with Gasteiger partial charge in [0.15, 0.2) is 0 Å². The largest absolute Gasteiger partial charge is 0.374 e. The van der Waals surface area contributed by atoms with E-state index in [1.807, 2.05) is 36.5 Å². The van der Waals surface area contributed by atoms with Crippen molar-refractivity contribution in [1.82, 2.24) is 15.1 Å². The number of carbonyl (C=O) groups is 1. The Labute approximate surface area is 137 Å². The summed E-state index contributed by atoms with van der Waals surface area (Å²) in [7, 11) is 0. The van der Waals surface area contributed by atoms with Crippen LogP contribution in [0.1, 0.15) is 38.5 Å². The van der Waals surface area contributed by atoms with E-state index in [0.29, 0.717) is 6.04 Å². The van der Waals surface area contributed by atoms with Gasteiger partial charge in [-0.25, -0.2) is 4.68 Å². The number of rotatable bonds is 5. The summed E-state index contributed by atoms with van der Waals surface area (Å²) in [5.74, 6) is 0.0622. The maximum Gasteiger partial charge on any atom is 0.239 e. The average molecular weight is 312 g/mol. The van der Waals surface area contributed by atoms with Crippen molar-refractivity contribution in [2.75, 3.05) is 11.9 Å². The van der Waals surface area contributed by atoms with E-state index >= 15 is 0 Å². The molecule has 0 unspecified atom stereocenters. The molecule has 0 aliphatic heterocycles. The number of nitrogens with zero attached hydrogens (tertiary/aromatic N) is 2. The molecule has 1 aliphatic rings. The third kappa shape index (κ3) is 4.34. The van der Waals surface area contributed by atoms with Gasteiger partial charge in [0.25, 0.3) is 0 Å². The Hall–Kier alpha value is -2.30. The van der Waals surface area contributed by atoms with Crippen LogP contribution in [0.3, 0.4) is 0 Å². The highest BCUT2D eigenvalue weighted by atomic mass is 16.1. The Morgan fingerprint density at radius 3 is 2.65 bits per heavy atom. The van der Waals surface area contributed by atoms with E-state index in [1.54, 1.807) is 10.9 Å². The van der Waals surface area contributed by atoms with Gasteiger partial charge in [-0.1, -0.05) is 37.8 Å². The molecule has 1 aromatic heterocycles. The zero-order chi connectivity index (χ0) is 15.9. The molecule has 23 heavy (non-hydrogen) atoms. The van der Waals surface area contributed by atoms with E-state index in [-0.39, 0.29) is 12.5 Å². The molecule has 1 heterocycles. The summed E-state index contributed by atoms with van der Waals surface area (Å²) in [6.45, 7) is 0.286. The van der Waals surface area contributed by atoms with Crippen LogP contribution in [0.25, 0.3) is 5.69 Å². The molecule has 122 valence electrons. The van der Waals surface area contributed by atoms with Gasteiger partial charge < -0.3 is 10.6 Å². The lowest BCUT2D eigenvalue weighted by atomic mass is 10.1. The topological polar surface area (TPSA) is 59.0 Å². The number of benzene rings is 1. The van der Waals surface area contributed by atoms with Gasteiger partial charge in [-0.05, 0) is 31.0 Å². The van der Waals surface area contributed by atoms with Crippen LogP contribution in [0.15, 0.2) is 42.7 Å². The molecule has 1 aliphatic carbocycles. The molecule has 2 aromatic rings. The van der Waals surface area contributed by atoms with E-state index in [9.17, 15) is 4.79 Å². The molecule has 3 rings (SSSR count). The zero-order valence-electron chi connectivity index (χ0n) is 13.4. The number of carbonyl (C=O) groups excluding carboxylic acids is 1. The SMILES string of the molecule is O=C(CNc1ccccc1-n1cccn1)NC1CCCCCC1. The van der Waals surface area contributed by atoms with Crippen molar-refractivity contribution in [3.63, 3.8) is 0 Å². The van der Waals surface area contributed by atoms with Gasteiger partial charge in [-0.15, -0.1) is 0 Å². The minimum Gasteiger partial charge on any atom is -0.374 e. The molecular formula is C18H24N4O. The highest BCUT2D eigenvalue weighted by Gasteiger charge is 2.14. The predicted molar refractivity (Wildman–Crippen MR) is 91.7 cm³/mol. The molecule has 0 saturated heterocycles. The Kier molecular flexibility index (Phi) is 5.29. The Morgan fingerprint density at radius 1 is 1.13 bits per heavy atom. The average Bonchev–Trinajstić information content (AvgIpc) is 2.99. The van der Waals surface area contributed by atoms with Gasteiger partial charge in [0.05, 0.1) is 17.9 Å². The molecule has 5 nitrogen and oxygen atoms in total. The molecule has 1 aromatic carbocycles. The highest BCUT2D eigenvalue weighted by molar-refractivity contribution is 5.81. The van der Waals surface area contributed by atoms with Crippen molar-refractivity contribution in [2.24, 2.45) is 0 Å². The normalized spacial score (nSPS) is 15.8. The fourth-order valence-corrected chi connectivity index (χ4v) is 3.11. The van der Waals surface area contributed by atoms with Crippen LogP contribution in [-0.4, -0.2) is 28.3 Å². The summed E-state index contributed by atoms with van der Waals surface area (Å²) in [4.78, 5) is 12.2. The first-order valence-electron chi connectivity index (χ1n) is 8.45. The number of aromatic nitrogens is 2. The standard InChI is InChI=1S/C18H24N4O/c23-18(21-15-8-3-1-2-4-9-15)14-19-16-10-5-6-11-17(16)22-13-7-12-20-22/h5-7,10-13,15,19H,1-4,8-9,14H2,(H,21,23). The lowest BCUT2D eigenvalue weighted by Crippen LogP contribution is -2.38. The summed E-state index contributed by atoms with van der Waals surface area (Å²) >= 11 is 0. The summed E-state index contributed by atoms with van der Waals surface area (Å²) in [5, 5.41) is 10.6. The number of hydrogen-bond acceptors (Lipinski definition) is 3. The number of amides is 1. The van der Waals surface area contributed by atoms with Crippen molar-refractivity contribution in [1.29, 1.82) is 0 Å². The predicted octanol–water partition coefficient (Wildman–Crippen LogP) is 3.12. The lowest BCUT2D eigenvalue weighted by Gasteiger charge is -2.17. The van der Waals surface area contributed by atoms with Crippen molar-refractivity contribution >= 4 is 11.6 Å². The summed E-state index contributed by atoms with van der Waals surface area (Å²) in [6, 6.07) is 10.1. The van der Waals surface area contributed by atoms with Crippen molar-refractivity contribution in [3.05, 3.63) is 42.7 Å². The van der Waals surface area contributed by atoms with Crippen LogP contribution >= 0.6 is 0 Å². The van der Waals surface area contributed by atoms with E-state index in [2.05, 4.69) is 15.7 Å². The second-order valence-corrected chi connectivity index (χ2v) is 6.08. The Bertz CT molecular complexity index is 616. The van der Waals surface area contributed by atoms with Gasteiger partial charge in [-0.3, -0.25) is 4.79 Å². The fraction of sp³-hybridized carbons (Fsp3) is 0.444. The third-order valence-electron chi connectivity index (χ3n) is 4.31. The van der Waals surface area contributed by atoms with Crippen molar-refractivity contribution < 1.29 is 4.79 Å². The monoisotopic (exact) mass is 312 g/mol. The molecule has 0 spiro atoms. The Balaban J connectivity index is 1.57. The first-order valence-corrected chi connectivity index (χ1v) is 8.45. The second kappa shape index (κ2) is 7.81. The van der Waals surface area contributed by atoms with E-state index in [0.717, 1.165) is 24.2 Å². The first-order chi connectivity index (χ1) is 11.3. The molecule has 1 fully saturated rings. The molecule has 0 radical (unpaired) electrons. The van der Waals surface area contributed by atoms with E-state index < -0.39 is 0 Å². The summed E-state index contributed by atoms with van der Waals surface area (Å²) in [6.07, 6.45) is 10.9. The summed E-state index contributed by atoms with van der Waals surface area (Å²) in [5.41, 5.74) is 1.85. The highest BCUT2D eigenvalue weighted by Crippen LogP contribution is 2.19. The number of nitrogens with one attached hydrogen (secondary N) is 2. The van der Waals surface area contributed by atoms with Gasteiger partial charge in [0.2, 0.25) is 5.91 Å². The summed E-state index contributed by atoms with van der Waals surface area (Å²) < 4.78 is 1.80. The van der Waals surface area contributed by atoms with Gasteiger partial charge >= 0.3 is 0 Å². The lowest BCUT2D eigenvalue weighted by molar-refractivity contribution is -0.120. The van der Waals surface area contributed by atoms with Crippen molar-refractivity contribution in [3.8, 4) is 5.69 Å². The van der Waals surface area contributed by atoms with Crippen molar-refractivity contribution in [2.45, 2.75) is 44.6 Å². The fourth-order valence-electron chi connectivity index (χ4n) is 3.11. The minimum absolute atomic E-state index is 0.0622. The van der Waals surface area contributed by atoms with Gasteiger partial charge in [0, 0.05) is 18.4 Å². The van der Waals surface area contributed by atoms with Crippen LogP contribution in [0.4, 0.5) is 5.69 Å². The van der Waals surface area contributed by atoms with Crippen LogP contribution in [-0.2, 0) is 4.79 Å². The number of anilines is 1. The molecule has 5 heteroatoms. The first kappa shape index (κ1) is 15.6. The smallest absolute Gasteiger partial charge is 0.239 e. The third-order valence-corrected chi connectivity index (χ3v) is 4.31. The van der Waals surface area contributed by atoms with Crippen LogP contribution in [0.5, 0.6) is 0 Å². The van der Waals surface area contributed by atoms with Gasteiger partial charge in [0.1, 0.15) is 0 Å². The molecule has 1 amide bonds. The molecular weight excluding hydrogens is 288 g/mol. The number of hydrogen-bond donors (Lipinski definition) is 2. The van der Waals surface area contributed by atoms with Crippen LogP contribution in [0, 0.1) is 0 Å². The van der Waals surface area contributed by atoms with Gasteiger partial charge in [-0.2, -0.15) is 5.10 Å². The maximum atomic E-state index is 12.2. The number of para-hydroxylation sites is 2. The molecule has 2 N–H and O–H groups in total. The van der Waals surface area contributed by atoms with E-state index in [4.69, 9.17) is 0 Å². The Morgan fingerprint density at radius 2 is 1.91 bits per heavy atom. The zero-order valence-corrected chi connectivity index (χ0v) is 13.4. The molecule has 1 saturated carbocycles. The van der Waals surface area contributed by atoms with Crippen LogP contribution in [0.2, 0.25) is 0 Å². The second-order valence-electron chi connectivity index (χ2n) is 6.08.